The smallest absolute Gasteiger partial charge is 0.147 e. The van der Waals surface area contributed by atoms with Gasteiger partial charge in [0, 0.05) is 11.1 Å². The van der Waals surface area contributed by atoms with E-state index in [1.54, 1.807) is 4.90 Å². The van der Waals surface area contributed by atoms with Gasteiger partial charge in [-0.15, -0.1) is 0 Å². The van der Waals surface area contributed by atoms with Crippen molar-refractivity contribution in [1.29, 1.82) is 0 Å². The normalized spacial score (nSPS) is 12.5. The largest absolute Gasteiger partial charge is 1.00 e. The molecule has 0 saturated carbocycles. The van der Waals surface area contributed by atoms with Crippen LogP contribution in [0.1, 0.15) is 39.5 Å². The third-order valence-electron chi connectivity index (χ3n) is 4.84. The first-order chi connectivity index (χ1) is 12.3. The summed E-state index contributed by atoms with van der Waals surface area (Å²) >= 11 is 1.84. The molecule has 1 aliphatic heterocycles. The van der Waals surface area contributed by atoms with Gasteiger partial charge in [0.25, 0.3) is 0 Å². The molecule has 0 unspecified atom stereocenters. The number of fused-ring (bicyclic) bond motifs is 2. The zero-order valence-electron chi connectivity index (χ0n) is 15.9. The number of nitrogens with zero attached hydrogens (tertiary/aromatic N) is 2. The van der Waals surface area contributed by atoms with Crippen molar-refractivity contribution in [3.8, 4) is 0 Å². The van der Waals surface area contributed by atoms with Crippen molar-refractivity contribution >= 4 is 23.3 Å². The fourth-order valence-corrected chi connectivity index (χ4v) is 4.46. The summed E-state index contributed by atoms with van der Waals surface area (Å²) in [5.74, 6) is 1.12. The van der Waals surface area contributed by atoms with Crippen LogP contribution in [0.2, 0.25) is 0 Å². The molecule has 2 aromatic rings. The van der Waals surface area contributed by atoms with E-state index >= 15 is 0 Å². The number of aromatic nitrogens is 1. The number of pyridine rings is 1. The molecule has 1 aliphatic rings. The van der Waals surface area contributed by atoms with E-state index in [2.05, 4.69) is 49.1 Å². The highest BCUT2D eigenvalue weighted by molar-refractivity contribution is 7.99. The van der Waals surface area contributed by atoms with Gasteiger partial charge in [0.2, 0.25) is 0 Å². The van der Waals surface area contributed by atoms with E-state index in [1.807, 2.05) is 24.0 Å². The number of hydrogen-bond donors (Lipinski definition) is 1. The summed E-state index contributed by atoms with van der Waals surface area (Å²) in [5.41, 5.74) is 1.31. The molecule has 0 atom stereocenters. The summed E-state index contributed by atoms with van der Waals surface area (Å²) in [6.45, 7) is 9.36. The number of quaternary nitrogens is 1. The maximum absolute atomic E-state index is 4.70. The van der Waals surface area contributed by atoms with Gasteiger partial charge in [-0.1, -0.05) is 50.6 Å². The zero-order valence-corrected chi connectivity index (χ0v) is 17.5. The Hall–Kier alpha value is -1.23. The number of unbranched alkanes of at least 4 members (excludes halogenated alkanes) is 2. The van der Waals surface area contributed by atoms with Gasteiger partial charge in [-0.05, 0) is 37.1 Å². The SMILES string of the molecule is CCCC[NH+](CCCC)CCN1c2ccccc2Sc2cccnc21.[Cl-]. The minimum absolute atomic E-state index is 0. The lowest BCUT2D eigenvalue weighted by molar-refractivity contribution is -0.899. The molecule has 1 N–H and O–H groups in total. The van der Waals surface area contributed by atoms with Gasteiger partial charge in [-0.2, -0.15) is 0 Å². The first-order valence-electron chi connectivity index (χ1n) is 9.66. The minimum Gasteiger partial charge on any atom is -1.00 e. The van der Waals surface area contributed by atoms with Crippen LogP contribution in [-0.4, -0.2) is 31.2 Å². The van der Waals surface area contributed by atoms with Crippen LogP contribution in [0.3, 0.4) is 0 Å². The first kappa shape index (κ1) is 21.1. The number of rotatable bonds is 9. The Balaban J connectivity index is 0.00000243. The maximum Gasteiger partial charge on any atom is 0.147 e. The molecule has 2 heterocycles. The van der Waals surface area contributed by atoms with E-state index < -0.39 is 0 Å². The Kier molecular flexibility index (Phi) is 8.76. The minimum atomic E-state index is 0. The second-order valence-electron chi connectivity index (χ2n) is 6.75. The molecule has 142 valence electrons. The Bertz CT molecular complexity index is 626. The third-order valence-corrected chi connectivity index (χ3v) is 5.94. The summed E-state index contributed by atoms with van der Waals surface area (Å²) in [6, 6.07) is 13.0. The summed E-state index contributed by atoms with van der Waals surface area (Å²) in [6.07, 6.45) is 7.12. The number of para-hydroxylation sites is 1. The highest BCUT2D eigenvalue weighted by Gasteiger charge is 2.25. The molecule has 0 radical (unpaired) electrons. The van der Waals surface area contributed by atoms with Gasteiger partial charge in [0.05, 0.1) is 36.8 Å². The van der Waals surface area contributed by atoms with Crippen LogP contribution in [0, 0.1) is 0 Å². The Labute approximate surface area is 168 Å². The molecule has 5 heteroatoms. The van der Waals surface area contributed by atoms with Crippen molar-refractivity contribution in [2.45, 2.75) is 49.3 Å². The molecule has 26 heavy (non-hydrogen) atoms. The van der Waals surface area contributed by atoms with Crippen molar-refractivity contribution < 1.29 is 17.3 Å². The van der Waals surface area contributed by atoms with E-state index in [1.165, 1.54) is 60.8 Å². The molecule has 3 nitrogen and oxygen atoms in total. The molecule has 0 fully saturated rings. The second kappa shape index (κ2) is 10.8. The lowest BCUT2D eigenvalue weighted by Crippen LogP contribution is -3.12. The van der Waals surface area contributed by atoms with Gasteiger partial charge >= 0.3 is 0 Å². The van der Waals surface area contributed by atoms with Crippen molar-refractivity contribution in [3.63, 3.8) is 0 Å². The molecule has 3 rings (SSSR count). The van der Waals surface area contributed by atoms with Gasteiger partial charge < -0.3 is 22.2 Å². The molecule has 0 aliphatic carbocycles. The van der Waals surface area contributed by atoms with Crippen LogP contribution in [0.4, 0.5) is 11.5 Å². The quantitative estimate of drug-likeness (QED) is 0.693. The molecular formula is C21H30ClN3S. The van der Waals surface area contributed by atoms with Crippen LogP contribution in [0.15, 0.2) is 52.4 Å². The predicted octanol–water partition coefficient (Wildman–Crippen LogP) is 1.17. The summed E-state index contributed by atoms with van der Waals surface area (Å²) in [5, 5.41) is 0. The summed E-state index contributed by atoms with van der Waals surface area (Å²) in [4.78, 5) is 11.5. The van der Waals surface area contributed by atoms with Crippen molar-refractivity contribution in [2.24, 2.45) is 0 Å². The highest BCUT2D eigenvalue weighted by atomic mass is 35.5. The predicted molar refractivity (Wildman–Crippen MR) is 107 cm³/mol. The van der Waals surface area contributed by atoms with Gasteiger partial charge in [0.15, 0.2) is 0 Å². The van der Waals surface area contributed by atoms with Crippen LogP contribution in [-0.2, 0) is 0 Å². The molecule has 1 aromatic heterocycles. The Morgan fingerprint density at radius 2 is 1.62 bits per heavy atom. The fraction of sp³-hybridized carbons (Fsp3) is 0.476. The zero-order chi connectivity index (χ0) is 17.5. The van der Waals surface area contributed by atoms with Crippen molar-refractivity contribution in [3.05, 3.63) is 42.6 Å². The van der Waals surface area contributed by atoms with E-state index in [9.17, 15) is 0 Å². The van der Waals surface area contributed by atoms with Crippen molar-refractivity contribution in [1.82, 2.24) is 4.98 Å². The maximum atomic E-state index is 4.70. The molecular weight excluding hydrogens is 362 g/mol. The highest BCUT2D eigenvalue weighted by Crippen LogP contribution is 2.46. The van der Waals surface area contributed by atoms with E-state index in [-0.39, 0.29) is 12.4 Å². The summed E-state index contributed by atoms with van der Waals surface area (Å²) in [7, 11) is 0. The van der Waals surface area contributed by atoms with E-state index in [0.29, 0.717) is 0 Å². The average molecular weight is 392 g/mol. The number of anilines is 2. The van der Waals surface area contributed by atoms with E-state index in [4.69, 9.17) is 4.98 Å². The van der Waals surface area contributed by atoms with Crippen molar-refractivity contribution in [2.75, 3.05) is 31.1 Å². The number of nitrogens with one attached hydrogen (secondary N) is 1. The molecule has 1 aromatic carbocycles. The fourth-order valence-electron chi connectivity index (χ4n) is 3.39. The second-order valence-corrected chi connectivity index (χ2v) is 7.84. The van der Waals surface area contributed by atoms with Gasteiger partial charge in [0.1, 0.15) is 5.82 Å². The van der Waals surface area contributed by atoms with Crippen LogP contribution >= 0.6 is 11.8 Å². The monoisotopic (exact) mass is 391 g/mol. The Morgan fingerprint density at radius 1 is 0.923 bits per heavy atom. The number of halogens is 1. The van der Waals surface area contributed by atoms with Crippen LogP contribution < -0.4 is 22.2 Å². The Morgan fingerprint density at radius 3 is 2.35 bits per heavy atom. The molecule has 0 bridgehead atoms. The lowest BCUT2D eigenvalue weighted by Gasteiger charge is -2.32. The topological polar surface area (TPSA) is 20.6 Å². The van der Waals surface area contributed by atoms with Crippen LogP contribution in [0.25, 0.3) is 0 Å². The molecule has 0 amide bonds. The first-order valence-corrected chi connectivity index (χ1v) is 10.5. The lowest BCUT2D eigenvalue weighted by atomic mass is 10.2. The average Bonchev–Trinajstić information content (AvgIpc) is 2.66. The standard InChI is InChI=1S/C21H29N3S.ClH/c1-3-5-14-23(15-6-4-2)16-17-24-18-10-7-8-11-19(18)25-20-12-9-13-22-21(20)24;/h7-13H,3-6,14-17H2,1-2H3;1H. The number of hydrogen-bond acceptors (Lipinski definition) is 3. The van der Waals surface area contributed by atoms with E-state index in [0.717, 1.165) is 12.4 Å². The van der Waals surface area contributed by atoms with Gasteiger partial charge in [-0.3, -0.25) is 0 Å². The number of benzene rings is 1. The third kappa shape index (κ3) is 5.15. The molecule has 0 saturated heterocycles. The van der Waals surface area contributed by atoms with Crippen LogP contribution in [0.5, 0.6) is 0 Å². The molecule has 0 spiro atoms. The van der Waals surface area contributed by atoms with Gasteiger partial charge in [-0.25, -0.2) is 4.98 Å². The summed E-state index contributed by atoms with van der Waals surface area (Å²) < 4.78 is 0.